The van der Waals surface area contributed by atoms with Crippen molar-refractivity contribution in [3.05, 3.63) is 23.8 Å². The average molecular weight is 255 g/mol. The highest BCUT2D eigenvalue weighted by atomic mass is 19.4. The molecule has 0 amide bonds. The zero-order chi connectivity index (χ0) is 13.3. The summed E-state index contributed by atoms with van der Waals surface area (Å²) in [6.07, 6.45) is -5.63. The second-order valence-corrected chi connectivity index (χ2v) is 3.48. The van der Waals surface area contributed by atoms with Gasteiger partial charge in [0.25, 0.3) is 0 Å². The Bertz CT molecular complexity index is 402. The third-order valence-electron chi connectivity index (χ3n) is 2.11. The molecule has 1 aromatic carbocycles. The zero-order valence-electron chi connectivity index (χ0n) is 8.81. The smallest absolute Gasteiger partial charge is 0.456 e. The zero-order valence-corrected chi connectivity index (χ0v) is 8.81. The van der Waals surface area contributed by atoms with Gasteiger partial charge in [0.2, 0.25) is 0 Å². The molecular formula is C10H10F5NO. The molecule has 0 bridgehead atoms. The fourth-order valence-corrected chi connectivity index (χ4v) is 1.03. The average Bonchev–Trinajstić information content (AvgIpc) is 2.18. The third-order valence-corrected chi connectivity index (χ3v) is 2.11. The van der Waals surface area contributed by atoms with Gasteiger partial charge in [0, 0.05) is 0 Å². The summed E-state index contributed by atoms with van der Waals surface area (Å²) in [5.74, 6) is -5.09. The number of aryl methyl sites for hydroxylation is 1. The van der Waals surface area contributed by atoms with E-state index in [2.05, 4.69) is 4.74 Å². The van der Waals surface area contributed by atoms with Crippen molar-refractivity contribution < 1.29 is 26.7 Å². The molecule has 2 N–H and O–H groups in total. The quantitative estimate of drug-likeness (QED) is 0.665. The number of hydrogen-bond donors (Lipinski definition) is 1. The number of ether oxygens (including phenoxy) is 1. The van der Waals surface area contributed by atoms with Gasteiger partial charge in [-0.1, -0.05) is 12.1 Å². The van der Waals surface area contributed by atoms with Crippen molar-refractivity contribution in [1.29, 1.82) is 0 Å². The second kappa shape index (κ2) is 4.38. The van der Waals surface area contributed by atoms with Gasteiger partial charge in [-0.25, -0.2) is 0 Å². The first-order chi connectivity index (χ1) is 7.65. The fraction of sp³-hybridized carbons (Fsp3) is 0.400. The Hall–Kier alpha value is -1.53. The van der Waals surface area contributed by atoms with E-state index < -0.39 is 18.7 Å². The number of anilines is 1. The van der Waals surface area contributed by atoms with Gasteiger partial charge in [-0.15, -0.1) is 0 Å². The summed E-state index contributed by atoms with van der Waals surface area (Å²) < 4.78 is 65.1. The summed E-state index contributed by atoms with van der Waals surface area (Å²) in [6.45, 7) is -0.200. The maximum atomic E-state index is 12.6. The molecule has 0 unspecified atom stereocenters. The topological polar surface area (TPSA) is 35.2 Å². The van der Waals surface area contributed by atoms with E-state index in [0.29, 0.717) is 5.56 Å². The largest absolute Gasteiger partial charge is 0.485 e. The van der Waals surface area contributed by atoms with Crippen LogP contribution in [0.5, 0.6) is 5.75 Å². The van der Waals surface area contributed by atoms with E-state index in [1.54, 1.807) is 13.0 Å². The molecule has 0 aliphatic heterocycles. The van der Waals surface area contributed by atoms with Gasteiger partial charge in [-0.3, -0.25) is 0 Å². The summed E-state index contributed by atoms with van der Waals surface area (Å²) in [6, 6.07) is 4.27. The predicted molar refractivity (Wildman–Crippen MR) is 52.1 cm³/mol. The first-order valence-electron chi connectivity index (χ1n) is 4.57. The van der Waals surface area contributed by atoms with Crippen LogP contribution in [0.1, 0.15) is 5.56 Å². The molecule has 0 saturated carbocycles. The van der Waals surface area contributed by atoms with Crippen LogP contribution >= 0.6 is 0 Å². The summed E-state index contributed by atoms with van der Waals surface area (Å²) >= 11 is 0. The number of rotatable bonds is 3. The van der Waals surface area contributed by atoms with Gasteiger partial charge in [-0.05, 0) is 18.6 Å². The molecule has 2 nitrogen and oxygen atoms in total. The number of hydrogen-bond acceptors (Lipinski definition) is 2. The highest BCUT2D eigenvalue weighted by Crippen LogP contribution is 2.36. The second-order valence-electron chi connectivity index (χ2n) is 3.48. The molecule has 0 aromatic heterocycles. The molecule has 17 heavy (non-hydrogen) atoms. The minimum Gasteiger partial charge on any atom is -0.485 e. The van der Waals surface area contributed by atoms with Crippen LogP contribution in [-0.4, -0.2) is 18.7 Å². The molecule has 0 aliphatic rings. The van der Waals surface area contributed by atoms with E-state index in [-0.39, 0.29) is 11.4 Å². The van der Waals surface area contributed by atoms with Crippen LogP contribution in [0.3, 0.4) is 0 Å². The van der Waals surface area contributed by atoms with Crippen molar-refractivity contribution in [2.24, 2.45) is 0 Å². The lowest BCUT2D eigenvalue weighted by atomic mass is 10.2. The number of nitrogen functional groups attached to an aromatic ring is 1. The lowest BCUT2D eigenvalue weighted by Gasteiger charge is -2.20. The van der Waals surface area contributed by atoms with Crippen LogP contribution in [0.25, 0.3) is 0 Å². The van der Waals surface area contributed by atoms with Gasteiger partial charge in [0.1, 0.15) is 5.75 Å². The number of para-hydroxylation sites is 1. The van der Waals surface area contributed by atoms with E-state index >= 15 is 0 Å². The van der Waals surface area contributed by atoms with Crippen LogP contribution in [0.4, 0.5) is 27.6 Å². The molecule has 1 rings (SSSR count). The molecule has 0 saturated heterocycles. The summed E-state index contributed by atoms with van der Waals surface area (Å²) in [5, 5.41) is 0. The van der Waals surface area contributed by atoms with E-state index in [4.69, 9.17) is 5.73 Å². The first kappa shape index (κ1) is 13.5. The number of alkyl halides is 5. The Morgan fingerprint density at radius 2 is 1.76 bits per heavy atom. The number of benzene rings is 1. The third kappa shape index (κ3) is 2.98. The molecule has 7 heteroatoms. The Morgan fingerprint density at radius 1 is 1.18 bits per heavy atom. The van der Waals surface area contributed by atoms with E-state index in [1.165, 1.54) is 12.1 Å². The van der Waals surface area contributed by atoms with Crippen molar-refractivity contribution in [3.8, 4) is 5.75 Å². The Morgan fingerprint density at radius 3 is 2.29 bits per heavy atom. The van der Waals surface area contributed by atoms with Crippen LogP contribution in [-0.2, 0) is 0 Å². The Kier molecular flexibility index (Phi) is 3.49. The normalized spacial score (nSPS) is 12.6. The molecular weight excluding hydrogens is 245 g/mol. The van der Waals surface area contributed by atoms with Crippen molar-refractivity contribution in [1.82, 2.24) is 0 Å². The highest BCUT2D eigenvalue weighted by Gasteiger charge is 2.58. The van der Waals surface area contributed by atoms with E-state index in [1.807, 2.05) is 0 Å². The van der Waals surface area contributed by atoms with Gasteiger partial charge < -0.3 is 10.5 Å². The lowest BCUT2D eigenvalue weighted by molar-refractivity contribution is -0.289. The van der Waals surface area contributed by atoms with E-state index in [0.717, 1.165) is 0 Å². The molecule has 96 valence electrons. The van der Waals surface area contributed by atoms with Crippen molar-refractivity contribution in [2.45, 2.75) is 19.0 Å². The van der Waals surface area contributed by atoms with Gasteiger partial charge in [0.05, 0.1) is 5.69 Å². The Labute approximate surface area is 94.2 Å². The summed E-state index contributed by atoms with van der Waals surface area (Å²) in [7, 11) is 0. The van der Waals surface area contributed by atoms with Crippen molar-refractivity contribution in [3.63, 3.8) is 0 Å². The molecule has 1 aromatic rings. The van der Waals surface area contributed by atoms with Crippen LogP contribution in [0.15, 0.2) is 18.2 Å². The van der Waals surface area contributed by atoms with Crippen LogP contribution < -0.4 is 10.5 Å². The SMILES string of the molecule is Cc1cccc(OCC(F)(F)C(F)(F)F)c1N. The van der Waals surface area contributed by atoms with Crippen molar-refractivity contribution in [2.75, 3.05) is 12.3 Å². The number of halogens is 5. The lowest BCUT2D eigenvalue weighted by Crippen LogP contribution is -2.41. The summed E-state index contributed by atoms with van der Waals surface area (Å²) in [5.41, 5.74) is 6.06. The maximum absolute atomic E-state index is 12.6. The molecule has 0 heterocycles. The maximum Gasteiger partial charge on any atom is 0.456 e. The predicted octanol–water partition coefficient (Wildman–Crippen LogP) is 3.15. The molecule has 0 fully saturated rings. The van der Waals surface area contributed by atoms with Gasteiger partial charge >= 0.3 is 12.1 Å². The fourth-order valence-electron chi connectivity index (χ4n) is 1.03. The number of nitrogens with two attached hydrogens (primary N) is 1. The van der Waals surface area contributed by atoms with Gasteiger partial charge in [0.15, 0.2) is 6.61 Å². The first-order valence-corrected chi connectivity index (χ1v) is 4.57. The van der Waals surface area contributed by atoms with Gasteiger partial charge in [-0.2, -0.15) is 22.0 Å². The Balaban J connectivity index is 2.78. The summed E-state index contributed by atoms with van der Waals surface area (Å²) in [4.78, 5) is 0. The minimum absolute atomic E-state index is 0.0467. The standard InChI is InChI=1S/C10H10F5NO/c1-6-3-2-4-7(8(6)16)17-5-9(11,12)10(13,14)15/h2-4H,5,16H2,1H3. The molecule has 0 radical (unpaired) electrons. The molecule has 0 atom stereocenters. The molecule has 0 spiro atoms. The van der Waals surface area contributed by atoms with Crippen molar-refractivity contribution >= 4 is 5.69 Å². The minimum atomic E-state index is -5.63. The van der Waals surface area contributed by atoms with Crippen LogP contribution in [0, 0.1) is 6.92 Å². The molecule has 0 aliphatic carbocycles. The van der Waals surface area contributed by atoms with E-state index in [9.17, 15) is 22.0 Å². The highest BCUT2D eigenvalue weighted by molar-refractivity contribution is 5.57. The monoisotopic (exact) mass is 255 g/mol. The van der Waals surface area contributed by atoms with Crippen LogP contribution in [0.2, 0.25) is 0 Å².